The van der Waals surface area contributed by atoms with Gasteiger partial charge in [0.25, 0.3) is 0 Å². The first-order chi connectivity index (χ1) is 10.8. The van der Waals surface area contributed by atoms with Crippen LogP contribution in [0.5, 0.6) is 0 Å². The molecular formula is C19H18BrNO. The summed E-state index contributed by atoms with van der Waals surface area (Å²) >= 11 is 3.59. The number of aromatic nitrogens is 1. The van der Waals surface area contributed by atoms with Crippen molar-refractivity contribution in [3.8, 4) is 0 Å². The number of para-hydroxylation sites is 1. The van der Waals surface area contributed by atoms with Crippen LogP contribution in [-0.2, 0) is 13.0 Å². The van der Waals surface area contributed by atoms with E-state index in [4.69, 9.17) is 0 Å². The Kier molecular flexibility index (Phi) is 4.74. The minimum absolute atomic E-state index is 0.766. The average Bonchev–Trinajstić information content (AvgIpc) is 2.91. The number of aryl methyl sites for hydroxylation is 2. The molecule has 0 saturated heterocycles. The summed E-state index contributed by atoms with van der Waals surface area (Å²) in [6, 6.07) is 18.5. The zero-order chi connectivity index (χ0) is 15.4. The average molecular weight is 356 g/mol. The van der Waals surface area contributed by atoms with E-state index >= 15 is 0 Å². The molecule has 22 heavy (non-hydrogen) atoms. The van der Waals surface area contributed by atoms with Crippen molar-refractivity contribution in [2.75, 3.05) is 0 Å². The number of hydrogen-bond acceptors (Lipinski definition) is 1. The molecule has 0 saturated carbocycles. The molecule has 3 aromatic rings. The number of nitrogens with zero attached hydrogens (tertiary/aromatic N) is 1. The molecule has 0 fully saturated rings. The van der Waals surface area contributed by atoms with Crippen molar-refractivity contribution in [2.24, 2.45) is 0 Å². The molecule has 0 spiro atoms. The summed E-state index contributed by atoms with van der Waals surface area (Å²) in [6.07, 6.45) is 4.17. The molecular weight excluding hydrogens is 338 g/mol. The summed E-state index contributed by atoms with van der Waals surface area (Å²) in [5.41, 5.74) is 3.25. The first kappa shape index (κ1) is 15.0. The second-order valence-electron chi connectivity index (χ2n) is 5.45. The second kappa shape index (κ2) is 6.93. The quantitative estimate of drug-likeness (QED) is 0.437. The lowest BCUT2D eigenvalue weighted by Gasteiger charge is -2.08. The first-order valence-corrected chi connectivity index (χ1v) is 8.36. The van der Waals surface area contributed by atoms with Gasteiger partial charge >= 0.3 is 0 Å². The maximum atomic E-state index is 11.3. The van der Waals surface area contributed by atoms with Crippen LogP contribution in [0.2, 0.25) is 0 Å². The van der Waals surface area contributed by atoms with Gasteiger partial charge in [0.15, 0.2) is 6.29 Å². The number of aldehydes is 1. The van der Waals surface area contributed by atoms with E-state index in [0.717, 1.165) is 48.7 Å². The lowest BCUT2D eigenvalue weighted by molar-refractivity contribution is 0.111. The minimum Gasteiger partial charge on any atom is -0.338 e. The smallest absolute Gasteiger partial charge is 0.166 e. The number of rotatable bonds is 6. The Morgan fingerprint density at radius 3 is 2.59 bits per heavy atom. The highest BCUT2D eigenvalue weighted by molar-refractivity contribution is 9.10. The zero-order valence-corrected chi connectivity index (χ0v) is 13.9. The Balaban J connectivity index is 1.67. The number of hydrogen-bond donors (Lipinski definition) is 0. The highest BCUT2D eigenvalue weighted by atomic mass is 79.9. The molecule has 0 aliphatic heterocycles. The Hall–Kier alpha value is -1.87. The van der Waals surface area contributed by atoms with Gasteiger partial charge in [0.05, 0.1) is 5.69 Å². The predicted molar refractivity (Wildman–Crippen MR) is 94.4 cm³/mol. The molecule has 0 atom stereocenters. The van der Waals surface area contributed by atoms with Gasteiger partial charge in [-0.15, -0.1) is 0 Å². The number of benzene rings is 2. The van der Waals surface area contributed by atoms with Crippen LogP contribution in [0.15, 0.2) is 59.1 Å². The standard InChI is InChI=1S/C19H18BrNO/c20-18-10-3-1-7-15(18)8-5-6-12-21-17(14-22)13-16-9-2-4-11-19(16)21/h1-4,7,9-11,13-14H,5-6,8,12H2. The van der Waals surface area contributed by atoms with Crippen molar-refractivity contribution in [1.29, 1.82) is 0 Å². The van der Waals surface area contributed by atoms with E-state index in [0.29, 0.717) is 0 Å². The van der Waals surface area contributed by atoms with Crippen molar-refractivity contribution in [2.45, 2.75) is 25.8 Å². The third-order valence-corrected chi connectivity index (χ3v) is 4.77. The van der Waals surface area contributed by atoms with Crippen LogP contribution >= 0.6 is 15.9 Å². The van der Waals surface area contributed by atoms with Crippen LogP contribution in [-0.4, -0.2) is 10.9 Å². The molecule has 0 amide bonds. The molecule has 0 aliphatic carbocycles. The SMILES string of the molecule is O=Cc1cc2ccccc2n1CCCCc1ccccc1Br. The molecule has 112 valence electrons. The minimum atomic E-state index is 0.766. The number of halogens is 1. The first-order valence-electron chi connectivity index (χ1n) is 7.56. The largest absolute Gasteiger partial charge is 0.338 e. The molecule has 1 heterocycles. The Morgan fingerprint density at radius 1 is 1.00 bits per heavy atom. The molecule has 0 unspecified atom stereocenters. The van der Waals surface area contributed by atoms with Gasteiger partial charge in [0.2, 0.25) is 0 Å². The molecule has 3 rings (SSSR count). The van der Waals surface area contributed by atoms with Crippen LogP contribution in [0, 0.1) is 0 Å². The van der Waals surface area contributed by atoms with Gasteiger partial charge in [-0.25, -0.2) is 0 Å². The monoisotopic (exact) mass is 355 g/mol. The summed E-state index contributed by atoms with van der Waals surface area (Å²) in [6.45, 7) is 0.881. The van der Waals surface area contributed by atoms with E-state index in [1.54, 1.807) is 0 Å². The van der Waals surface area contributed by atoms with Gasteiger partial charge in [-0.2, -0.15) is 0 Å². The molecule has 2 aromatic carbocycles. The maximum absolute atomic E-state index is 11.3. The van der Waals surface area contributed by atoms with E-state index in [1.807, 2.05) is 24.3 Å². The fourth-order valence-corrected chi connectivity index (χ4v) is 3.35. The fraction of sp³-hybridized carbons (Fsp3) is 0.211. The van der Waals surface area contributed by atoms with Crippen LogP contribution < -0.4 is 0 Å². The molecule has 1 aromatic heterocycles. The Labute approximate surface area is 138 Å². The molecule has 0 N–H and O–H groups in total. The van der Waals surface area contributed by atoms with Crippen molar-refractivity contribution < 1.29 is 4.79 Å². The summed E-state index contributed by atoms with van der Waals surface area (Å²) in [5, 5.41) is 1.13. The summed E-state index contributed by atoms with van der Waals surface area (Å²) < 4.78 is 3.30. The van der Waals surface area contributed by atoms with Gasteiger partial charge in [0, 0.05) is 21.9 Å². The van der Waals surface area contributed by atoms with Crippen molar-refractivity contribution in [1.82, 2.24) is 4.57 Å². The number of unbranched alkanes of at least 4 members (excludes halogenated alkanes) is 1. The van der Waals surface area contributed by atoms with Crippen molar-refractivity contribution in [3.63, 3.8) is 0 Å². The topological polar surface area (TPSA) is 22.0 Å². The van der Waals surface area contributed by atoms with Gasteiger partial charge in [-0.05, 0) is 43.0 Å². The highest BCUT2D eigenvalue weighted by Crippen LogP contribution is 2.21. The van der Waals surface area contributed by atoms with Gasteiger partial charge in [-0.3, -0.25) is 4.79 Å². The van der Waals surface area contributed by atoms with E-state index in [9.17, 15) is 4.79 Å². The van der Waals surface area contributed by atoms with Gasteiger partial charge in [0.1, 0.15) is 0 Å². The van der Waals surface area contributed by atoms with Crippen molar-refractivity contribution in [3.05, 3.63) is 70.3 Å². The molecule has 0 radical (unpaired) electrons. The van der Waals surface area contributed by atoms with E-state index in [1.165, 1.54) is 10.0 Å². The van der Waals surface area contributed by atoms with Gasteiger partial charge in [-0.1, -0.05) is 52.3 Å². The summed E-state index contributed by atoms with van der Waals surface area (Å²) in [5.74, 6) is 0. The van der Waals surface area contributed by atoms with Crippen LogP contribution in [0.25, 0.3) is 10.9 Å². The molecule has 3 heteroatoms. The normalized spacial score (nSPS) is 11.0. The third kappa shape index (κ3) is 3.14. The van der Waals surface area contributed by atoms with E-state index in [2.05, 4.69) is 50.8 Å². The van der Waals surface area contributed by atoms with Gasteiger partial charge < -0.3 is 4.57 Å². The molecule has 2 nitrogen and oxygen atoms in total. The maximum Gasteiger partial charge on any atom is 0.166 e. The molecule has 0 bridgehead atoms. The number of fused-ring (bicyclic) bond motifs is 1. The second-order valence-corrected chi connectivity index (χ2v) is 6.30. The Bertz CT molecular complexity index is 791. The number of carbonyl (C=O) groups excluding carboxylic acids is 1. The molecule has 0 aliphatic rings. The van der Waals surface area contributed by atoms with Crippen LogP contribution in [0.4, 0.5) is 0 Å². The lowest BCUT2D eigenvalue weighted by Crippen LogP contribution is -2.02. The van der Waals surface area contributed by atoms with Crippen LogP contribution in [0.1, 0.15) is 28.9 Å². The summed E-state index contributed by atoms with van der Waals surface area (Å²) in [7, 11) is 0. The summed E-state index contributed by atoms with van der Waals surface area (Å²) in [4.78, 5) is 11.3. The zero-order valence-electron chi connectivity index (χ0n) is 12.3. The highest BCUT2D eigenvalue weighted by Gasteiger charge is 2.07. The van der Waals surface area contributed by atoms with Crippen molar-refractivity contribution >= 4 is 33.1 Å². The Morgan fingerprint density at radius 2 is 1.77 bits per heavy atom. The van der Waals surface area contributed by atoms with E-state index in [-0.39, 0.29) is 0 Å². The lowest BCUT2D eigenvalue weighted by atomic mass is 10.1. The predicted octanol–water partition coefficient (Wildman–Crippen LogP) is 5.24. The van der Waals surface area contributed by atoms with Crippen LogP contribution in [0.3, 0.4) is 0 Å². The third-order valence-electron chi connectivity index (χ3n) is 4.00. The fourth-order valence-electron chi connectivity index (χ4n) is 2.87. The van der Waals surface area contributed by atoms with E-state index < -0.39 is 0 Å². The number of carbonyl (C=O) groups is 1.